The van der Waals surface area contributed by atoms with Gasteiger partial charge in [0.25, 0.3) is 5.95 Å². The predicted molar refractivity (Wildman–Crippen MR) is 130 cm³/mol. The summed E-state index contributed by atoms with van der Waals surface area (Å²) in [6.07, 6.45) is 9.12. The molecule has 0 saturated carbocycles. The first-order valence-electron chi connectivity index (χ1n) is 10.9. The highest BCUT2D eigenvalue weighted by atomic mass is 16.6. The Morgan fingerprint density at radius 1 is 1.00 bits per heavy atom. The first-order chi connectivity index (χ1) is 14.4. The van der Waals surface area contributed by atoms with E-state index in [1.165, 1.54) is 7.11 Å². The molecule has 1 aromatic heterocycles. The lowest BCUT2D eigenvalue weighted by Gasteiger charge is -2.10. The average Bonchev–Trinajstić information content (AvgIpc) is 2.70. The fourth-order valence-electron chi connectivity index (χ4n) is 3.61. The van der Waals surface area contributed by atoms with Crippen LogP contribution in [-0.4, -0.2) is 12.9 Å². The highest BCUT2D eigenvalue weighted by Gasteiger charge is 2.15. The van der Waals surface area contributed by atoms with Crippen molar-refractivity contribution in [3.05, 3.63) is 68.1 Å². The normalized spacial score (nSPS) is 15.7. The summed E-state index contributed by atoms with van der Waals surface area (Å²) in [6.45, 7) is 17.4. The summed E-state index contributed by atoms with van der Waals surface area (Å²) in [5, 5.41) is 0. The van der Waals surface area contributed by atoms with Gasteiger partial charge in [0.15, 0.2) is 11.2 Å². The molecule has 0 aliphatic rings. The fraction of sp³-hybridized carbons (Fsp3) is 0.481. The van der Waals surface area contributed by atoms with Crippen molar-refractivity contribution >= 4 is 11.4 Å². The third-order valence-electron chi connectivity index (χ3n) is 5.44. The van der Waals surface area contributed by atoms with Gasteiger partial charge in [-0.3, -0.25) is 9.59 Å². The van der Waals surface area contributed by atoms with Crippen LogP contribution in [0.4, 0.5) is 0 Å². The summed E-state index contributed by atoms with van der Waals surface area (Å²) in [4.78, 5) is 25.0. The smallest absolute Gasteiger partial charge is 0.291 e. The number of allylic oxidation sites excluding steroid dienone is 8. The molecule has 0 aliphatic heterocycles. The van der Waals surface area contributed by atoms with Gasteiger partial charge in [0.1, 0.15) is 5.76 Å². The number of methoxy groups -OCH3 is 1. The summed E-state index contributed by atoms with van der Waals surface area (Å²) < 4.78 is 11.0. The number of carbonyl (C=O) groups is 1. The van der Waals surface area contributed by atoms with Crippen LogP contribution in [-0.2, 0) is 4.79 Å². The highest BCUT2D eigenvalue weighted by molar-refractivity contribution is 6.07. The van der Waals surface area contributed by atoms with Gasteiger partial charge in [-0.1, -0.05) is 57.1 Å². The maximum Gasteiger partial charge on any atom is 0.291 e. The van der Waals surface area contributed by atoms with Gasteiger partial charge in [0.05, 0.1) is 12.7 Å². The lowest BCUT2D eigenvalue weighted by molar-refractivity contribution is -0.112. The van der Waals surface area contributed by atoms with E-state index in [1.807, 2.05) is 45.9 Å². The molecular weight excluding hydrogens is 388 g/mol. The number of Topliss-reactive ketones (excluding diaryl/α,β-unsaturated/α-hetero) is 1. The highest BCUT2D eigenvalue weighted by Crippen LogP contribution is 2.25. The molecule has 4 nitrogen and oxygen atoms in total. The van der Waals surface area contributed by atoms with Crippen molar-refractivity contribution in [2.24, 2.45) is 11.8 Å². The van der Waals surface area contributed by atoms with Crippen LogP contribution < -0.4 is 10.2 Å². The Bertz CT molecular complexity index is 983. The van der Waals surface area contributed by atoms with Gasteiger partial charge in [-0.15, -0.1) is 0 Å². The van der Waals surface area contributed by atoms with Gasteiger partial charge in [0.2, 0.25) is 0 Å². The van der Waals surface area contributed by atoms with Crippen LogP contribution in [0.25, 0.3) is 5.57 Å². The molecule has 31 heavy (non-hydrogen) atoms. The van der Waals surface area contributed by atoms with E-state index >= 15 is 0 Å². The van der Waals surface area contributed by atoms with E-state index in [0.717, 1.165) is 28.7 Å². The van der Waals surface area contributed by atoms with Crippen LogP contribution in [0.2, 0.25) is 0 Å². The molecule has 1 heterocycles. The minimum atomic E-state index is -0.0706. The zero-order valence-corrected chi connectivity index (χ0v) is 20.8. The van der Waals surface area contributed by atoms with Crippen LogP contribution in [0, 0.1) is 25.7 Å². The Balaban J connectivity index is 3.13. The first kappa shape index (κ1) is 26.4. The van der Waals surface area contributed by atoms with E-state index in [4.69, 9.17) is 9.15 Å². The Morgan fingerprint density at radius 2 is 1.58 bits per heavy atom. The molecule has 0 radical (unpaired) electrons. The minimum absolute atomic E-state index is 0.0706. The lowest BCUT2D eigenvalue weighted by atomic mass is 9.97. The van der Waals surface area contributed by atoms with Crippen molar-refractivity contribution in [3.63, 3.8) is 0 Å². The number of rotatable bonds is 9. The zero-order chi connectivity index (χ0) is 23.9. The monoisotopic (exact) mass is 426 g/mol. The topological polar surface area (TPSA) is 56.5 Å². The molecule has 0 fully saturated rings. The molecular formula is C27H38O4. The largest absolute Gasteiger partial charge is 0.468 e. The number of carbonyl (C=O) groups excluding carboxylic acids is 1. The van der Waals surface area contributed by atoms with Gasteiger partial charge in [-0.2, -0.15) is 0 Å². The van der Waals surface area contributed by atoms with E-state index in [9.17, 15) is 9.59 Å². The van der Waals surface area contributed by atoms with E-state index < -0.39 is 0 Å². The average molecular weight is 427 g/mol. The molecule has 0 spiro atoms. The zero-order valence-electron chi connectivity index (χ0n) is 20.8. The van der Waals surface area contributed by atoms with Crippen LogP contribution in [0.15, 0.2) is 50.2 Å². The number of ether oxygens (including phenoxy) is 1. The summed E-state index contributed by atoms with van der Waals surface area (Å²) in [7, 11) is 1.49. The third-order valence-corrected chi connectivity index (χ3v) is 5.44. The maximum absolute atomic E-state index is 12.6. The van der Waals surface area contributed by atoms with Crippen molar-refractivity contribution in [2.75, 3.05) is 7.11 Å². The van der Waals surface area contributed by atoms with Crippen LogP contribution in [0.3, 0.4) is 0 Å². The first-order valence-corrected chi connectivity index (χ1v) is 10.9. The minimum Gasteiger partial charge on any atom is -0.468 e. The molecule has 4 heteroatoms. The number of ketones is 1. The Hall–Kier alpha value is -2.62. The Labute approximate surface area is 187 Å². The summed E-state index contributed by atoms with van der Waals surface area (Å²) in [5.74, 6) is 1.35. The second-order valence-corrected chi connectivity index (χ2v) is 8.51. The molecule has 0 amide bonds. The second kappa shape index (κ2) is 11.7. The van der Waals surface area contributed by atoms with Gasteiger partial charge >= 0.3 is 0 Å². The Kier molecular flexibility index (Phi) is 9.96. The second-order valence-electron chi connectivity index (χ2n) is 8.51. The van der Waals surface area contributed by atoms with Crippen molar-refractivity contribution in [1.29, 1.82) is 0 Å². The van der Waals surface area contributed by atoms with E-state index in [0.29, 0.717) is 22.8 Å². The summed E-state index contributed by atoms with van der Waals surface area (Å²) >= 11 is 0. The standard InChI is InChI=1S/C27H38O4/c1-11-16(2)13-19(5)24(28)20(6)14-17(3)12-18(4)15-21(7)26-22(8)25(29)23(9)27(30-10)31-26/h12-17H,11H2,1-10H3/b18-12+,19-13+,20-14+,21-15+. The third kappa shape index (κ3) is 7.23. The van der Waals surface area contributed by atoms with Crippen LogP contribution >= 0.6 is 0 Å². The molecule has 0 saturated heterocycles. The maximum atomic E-state index is 12.6. The van der Waals surface area contributed by atoms with Gasteiger partial charge in [-0.05, 0) is 70.1 Å². The molecule has 0 aromatic carbocycles. The van der Waals surface area contributed by atoms with Crippen molar-refractivity contribution < 1.29 is 13.9 Å². The molecule has 2 atom stereocenters. The summed E-state index contributed by atoms with van der Waals surface area (Å²) in [5.41, 5.74) is 4.38. The SMILES string of the molecule is CCC(C)/C=C(\C)C(=O)/C(C)=C/C(C)/C=C(C)/C=C(\C)c1oc(OC)c(C)c(=O)c1C. The molecule has 0 aliphatic carbocycles. The number of hydrogen-bond acceptors (Lipinski definition) is 4. The van der Waals surface area contributed by atoms with Gasteiger partial charge in [-0.25, -0.2) is 0 Å². The molecule has 0 N–H and O–H groups in total. The van der Waals surface area contributed by atoms with Crippen molar-refractivity contribution in [2.45, 2.75) is 68.7 Å². The van der Waals surface area contributed by atoms with Crippen LogP contribution in [0.1, 0.15) is 71.8 Å². The summed E-state index contributed by atoms with van der Waals surface area (Å²) in [6, 6.07) is 0. The predicted octanol–water partition coefficient (Wildman–Crippen LogP) is 6.76. The van der Waals surface area contributed by atoms with Crippen LogP contribution in [0.5, 0.6) is 5.95 Å². The molecule has 1 aromatic rings. The molecule has 170 valence electrons. The van der Waals surface area contributed by atoms with E-state index in [2.05, 4.69) is 26.8 Å². The van der Waals surface area contributed by atoms with Crippen molar-refractivity contribution in [1.82, 2.24) is 0 Å². The van der Waals surface area contributed by atoms with E-state index in [-0.39, 0.29) is 23.1 Å². The molecule has 2 unspecified atom stereocenters. The molecule has 1 rings (SSSR count). The van der Waals surface area contributed by atoms with E-state index in [1.54, 1.807) is 13.8 Å². The quantitative estimate of drug-likeness (QED) is 0.323. The number of hydrogen-bond donors (Lipinski definition) is 0. The molecule has 0 bridgehead atoms. The Morgan fingerprint density at radius 3 is 2.13 bits per heavy atom. The van der Waals surface area contributed by atoms with Gasteiger partial charge in [0, 0.05) is 5.56 Å². The van der Waals surface area contributed by atoms with Crippen molar-refractivity contribution in [3.8, 4) is 5.95 Å². The fourth-order valence-corrected chi connectivity index (χ4v) is 3.61. The lowest BCUT2D eigenvalue weighted by Crippen LogP contribution is -2.12. The van der Waals surface area contributed by atoms with Gasteiger partial charge < -0.3 is 9.15 Å².